The lowest BCUT2D eigenvalue weighted by molar-refractivity contribution is 0.603. The van der Waals surface area contributed by atoms with Crippen LogP contribution >= 0.6 is 22.7 Å². The molecule has 0 bridgehead atoms. The van der Waals surface area contributed by atoms with Crippen LogP contribution < -0.4 is 10.5 Å². The number of anilines is 1. The molecule has 8 heteroatoms. The Balaban J connectivity index is 2.25. The molecule has 0 aromatic carbocycles. The number of thiazole rings is 1. The van der Waals surface area contributed by atoms with Crippen LogP contribution in [0.2, 0.25) is 0 Å². The summed E-state index contributed by atoms with van der Waals surface area (Å²) in [6.45, 7) is 0.337. The lowest BCUT2D eigenvalue weighted by atomic mass is 10.4. The van der Waals surface area contributed by atoms with Gasteiger partial charge in [-0.2, -0.15) is 0 Å². The highest BCUT2D eigenvalue weighted by molar-refractivity contribution is 7.94. The average molecular weight is 275 g/mol. The third kappa shape index (κ3) is 2.40. The van der Waals surface area contributed by atoms with Gasteiger partial charge in [-0.15, -0.1) is 22.7 Å². The zero-order valence-electron chi connectivity index (χ0n) is 8.08. The van der Waals surface area contributed by atoms with E-state index >= 15 is 0 Å². The number of thiophene rings is 1. The van der Waals surface area contributed by atoms with Crippen LogP contribution in [0.1, 0.15) is 5.56 Å². The average Bonchev–Trinajstić information content (AvgIpc) is 2.85. The first-order valence-electron chi connectivity index (χ1n) is 4.31. The summed E-state index contributed by atoms with van der Waals surface area (Å²) in [5.74, 6) is 0. The van der Waals surface area contributed by atoms with Gasteiger partial charge in [-0.25, -0.2) is 13.4 Å². The predicted molar refractivity (Wildman–Crippen MR) is 65.1 cm³/mol. The first kappa shape index (κ1) is 11.5. The molecule has 0 aliphatic heterocycles. The van der Waals surface area contributed by atoms with E-state index in [2.05, 4.69) is 9.71 Å². The van der Waals surface area contributed by atoms with Crippen molar-refractivity contribution in [3.63, 3.8) is 0 Å². The van der Waals surface area contributed by atoms with Crippen LogP contribution in [0.4, 0.5) is 5.13 Å². The topological polar surface area (TPSA) is 85.1 Å². The van der Waals surface area contributed by atoms with Gasteiger partial charge in [0.25, 0.3) is 10.0 Å². The molecule has 0 fully saturated rings. The molecule has 0 saturated heterocycles. The Bertz CT molecular complexity index is 559. The Morgan fingerprint density at radius 2 is 2.25 bits per heavy atom. The van der Waals surface area contributed by atoms with E-state index in [1.54, 1.807) is 23.0 Å². The summed E-state index contributed by atoms with van der Waals surface area (Å²) in [7, 11) is -3.51. The maximum atomic E-state index is 11.9. The maximum absolute atomic E-state index is 11.9. The summed E-state index contributed by atoms with van der Waals surface area (Å²) in [5.41, 5.74) is 6.23. The monoisotopic (exact) mass is 275 g/mol. The van der Waals surface area contributed by atoms with Crippen LogP contribution in [0, 0.1) is 0 Å². The van der Waals surface area contributed by atoms with Crippen molar-refractivity contribution in [2.24, 2.45) is 5.73 Å². The van der Waals surface area contributed by atoms with Crippen LogP contribution in [0.3, 0.4) is 0 Å². The normalized spacial score (nSPS) is 11.6. The number of sulfonamides is 1. The number of rotatable bonds is 4. The Labute approximate surface area is 101 Å². The summed E-state index contributed by atoms with van der Waals surface area (Å²) in [4.78, 5) is 3.86. The second-order valence-electron chi connectivity index (χ2n) is 2.92. The number of nitrogens with zero attached hydrogens (tertiary/aromatic N) is 1. The van der Waals surface area contributed by atoms with Crippen LogP contribution in [-0.2, 0) is 16.6 Å². The number of aromatic nitrogens is 1. The molecule has 0 saturated carbocycles. The van der Waals surface area contributed by atoms with Crippen molar-refractivity contribution < 1.29 is 8.42 Å². The zero-order valence-corrected chi connectivity index (χ0v) is 10.5. The number of nitrogens with two attached hydrogens (primary N) is 1. The Morgan fingerprint density at radius 3 is 2.81 bits per heavy atom. The Hall–Kier alpha value is -0.960. The minimum Gasteiger partial charge on any atom is -0.326 e. The van der Waals surface area contributed by atoms with E-state index in [0.717, 1.165) is 16.9 Å². The van der Waals surface area contributed by atoms with E-state index < -0.39 is 10.0 Å². The molecule has 2 heterocycles. The summed E-state index contributed by atoms with van der Waals surface area (Å²) < 4.78 is 26.4. The highest BCUT2D eigenvalue weighted by Gasteiger charge is 2.17. The van der Waals surface area contributed by atoms with Crippen LogP contribution in [0.5, 0.6) is 0 Å². The molecule has 0 aliphatic rings. The van der Waals surface area contributed by atoms with Crippen molar-refractivity contribution in [2.75, 3.05) is 4.72 Å². The van der Waals surface area contributed by atoms with Crippen molar-refractivity contribution in [3.05, 3.63) is 28.6 Å². The molecule has 0 unspecified atom stereocenters. The molecule has 0 amide bonds. The second-order valence-corrected chi connectivity index (χ2v) is 6.64. The standard InChI is InChI=1S/C8H9N3O2S3/c9-4-6-3-7(15-5-6)16(12,13)11-8-10-1-2-14-8/h1-3,5H,4,9H2,(H,10,11). The molecule has 3 N–H and O–H groups in total. The van der Waals surface area contributed by atoms with E-state index in [4.69, 9.17) is 5.73 Å². The van der Waals surface area contributed by atoms with Gasteiger partial charge < -0.3 is 5.73 Å². The van der Waals surface area contributed by atoms with Gasteiger partial charge in [-0.05, 0) is 17.0 Å². The summed E-state index contributed by atoms with van der Waals surface area (Å²) in [6.07, 6.45) is 1.54. The van der Waals surface area contributed by atoms with E-state index in [9.17, 15) is 8.42 Å². The van der Waals surface area contributed by atoms with Gasteiger partial charge in [0.2, 0.25) is 0 Å². The predicted octanol–water partition coefficient (Wildman–Crippen LogP) is 1.46. The third-order valence-electron chi connectivity index (χ3n) is 1.78. The summed E-state index contributed by atoms with van der Waals surface area (Å²) >= 11 is 2.38. The highest BCUT2D eigenvalue weighted by Crippen LogP contribution is 2.23. The van der Waals surface area contributed by atoms with Gasteiger partial charge >= 0.3 is 0 Å². The largest absolute Gasteiger partial charge is 0.326 e. The van der Waals surface area contributed by atoms with Crippen LogP contribution in [-0.4, -0.2) is 13.4 Å². The molecule has 5 nitrogen and oxygen atoms in total. The van der Waals surface area contributed by atoms with Gasteiger partial charge in [0, 0.05) is 18.1 Å². The molecule has 16 heavy (non-hydrogen) atoms. The highest BCUT2D eigenvalue weighted by atomic mass is 32.2. The van der Waals surface area contributed by atoms with Crippen LogP contribution in [0.25, 0.3) is 0 Å². The molecule has 0 spiro atoms. The van der Waals surface area contributed by atoms with E-state index in [-0.39, 0.29) is 4.21 Å². The fourth-order valence-corrected chi connectivity index (χ4v) is 4.05. The fraction of sp³-hybridized carbons (Fsp3) is 0.125. The minimum absolute atomic E-state index is 0.253. The Morgan fingerprint density at radius 1 is 1.44 bits per heavy atom. The molecule has 86 valence electrons. The van der Waals surface area contributed by atoms with E-state index in [1.165, 1.54) is 11.3 Å². The third-order valence-corrected chi connectivity index (χ3v) is 5.43. The molecule has 2 aromatic heterocycles. The number of nitrogens with one attached hydrogen (secondary N) is 1. The molecule has 0 radical (unpaired) electrons. The SMILES string of the molecule is NCc1csc(S(=O)(=O)Nc2nccs2)c1. The molecular weight excluding hydrogens is 266 g/mol. The number of hydrogen-bond acceptors (Lipinski definition) is 6. The quantitative estimate of drug-likeness (QED) is 0.884. The first-order valence-corrected chi connectivity index (χ1v) is 7.56. The van der Waals surface area contributed by atoms with Gasteiger partial charge in [0.15, 0.2) is 5.13 Å². The Kier molecular flexibility index (Phi) is 3.24. The lowest BCUT2D eigenvalue weighted by Gasteiger charge is -2.01. The number of hydrogen-bond donors (Lipinski definition) is 2. The van der Waals surface area contributed by atoms with Crippen molar-refractivity contribution in [3.8, 4) is 0 Å². The van der Waals surface area contributed by atoms with Gasteiger partial charge in [-0.1, -0.05) is 0 Å². The molecule has 2 aromatic rings. The van der Waals surface area contributed by atoms with Crippen molar-refractivity contribution in [1.82, 2.24) is 4.98 Å². The molecule has 0 atom stereocenters. The minimum atomic E-state index is -3.51. The van der Waals surface area contributed by atoms with Gasteiger partial charge in [0.05, 0.1) is 0 Å². The fourth-order valence-electron chi connectivity index (χ4n) is 1.04. The van der Waals surface area contributed by atoms with Gasteiger partial charge in [-0.3, -0.25) is 4.72 Å². The maximum Gasteiger partial charge on any atom is 0.273 e. The summed E-state index contributed by atoms with van der Waals surface area (Å²) in [6, 6.07) is 1.57. The molecule has 0 aliphatic carbocycles. The second kappa shape index (κ2) is 4.50. The lowest BCUT2D eigenvalue weighted by Crippen LogP contribution is -2.11. The van der Waals surface area contributed by atoms with Crippen LogP contribution in [0.15, 0.2) is 27.2 Å². The molecular formula is C8H9N3O2S3. The van der Waals surface area contributed by atoms with Crippen molar-refractivity contribution >= 4 is 37.8 Å². The van der Waals surface area contributed by atoms with E-state index in [1.807, 2.05) is 0 Å². The zero-order chi connectivity index (χ0) is 11.6. The van der Waals surface area contributed by atoms with Gasteiger partial charge in [0.1, 0.15) is 4.21 Å². The van der Waals surface area contributed by atoms with Crippen molar-refractivity contribution in [1.29, 1.82) is 0 Å². The van der Waals surface area contributed by atoms with E-state index in [0.29, 0.717) is 11.7 Å². The molecule has 2 rings (SSSR count). The smallest absolute Gasteiger partial charge is 0.273 e. The van der Waals surface area contributed by atoms with Crippen molar-refractivity contribution in [2.45, 2.75) is 10.8 Å². The first-order chi connectivity index (χ1) is 7.62. The summed E-state index contributed by atoms with van der Waals surface area (Å²) in [5, 5.41) is 3.80.